The third-order valence-electron chi connectivity index (χ3n) is 5.41. The van der Waals surface area contributed by atoms with Gasteiger partial charge in [0.15, 0.2) is 16.4 Å². The van der Waals surface area contributed by atoms with E-state index in [-0.39, 0.29) is 30.1 Å². The van der Waals surface area contributed by atoms with E-state index in [1.165, 1.54) is 0 Å². The van der Waals surface area contributed by atoms with Gasteiger partial charge in [-0.1, -0.05) is 6.07 Å². The van der Waals surface area contributed by atoms with Crippen LogP contribution >= 0.6 is 0 Å². The van der Waals surface area contributed by atoms with E-state index in [4.69, 9.17) is 4.74 Å². The summed E-state index contributed by atoms with van der Waals surface area (Å²) in [5.41, 5.74) is 4.87. The molecule has 29 heavy (non-hydrogen) atoms. The lowest BCUT2D eigenvalue weighted by molar-refractivity contribution is -0.132. The molecule has 1 aromatic heterocycles. The van der Waals surface area contributed by atoms with E-state index in [2.05, 4.69) is 11.2 Å². The highest BCUT2D eigenvalue weighted by Gasteiger charge is 2.31. The van der Waals surface area contributed by atoms with Crippen LogP contribution in [-0.4, -0.2) is 54.2 Å². The van der Waals surface area contributed by atoms with Gasteiger partial charge >= 0.3 is 0 Å². The van der Waals surface area contributed by atoms with Gasteiger partial charge in [-0.2, -0.15) is 5.10 Å². The maximum Gasteiger partial charge on any atom is 0.260 e. The SMILES string of the molecule is Cc1cc(C)cc(OCC(=O)N(C)Cc2c(C)nn([C@@H]3CCS(=O)(=O)C3)c2C)c1. The van der Waals surface area contributed by atoms with Gasteiger partial charge in [0, 0.05) is 24.8 Å². The zero-order valence-corrected chi connectivity index (χ0v) is 18.5. The standard InChI is InChI=1S/C21H29N3O4S/c1-14-8-15(2)10-19(9-14)28-12-21(25)23(5)11-20-16(3)22-24(17(20)4)18-6-7-29(26,27)13-18/h8-10,18H,6-7,11-13H2,1-5H3/t18-/m1/s1. The van der Waals surface area contributed by atoms with E-state index in [0.717, 1.165) is 28.1 Å². The quantitative estimate of drug-likeness (QED) is 0.719. The summed E-state index contributed by atoms with van der Waals surface area (Å²) in [4.78, 5) is 14.2. The predicted molar refractivity (Wildman–Crippen MR) is 112 cm³/mol. The molecule has 1 aliphatic rings. The Labute approximate surface area is 172 Å². The van der Waals surface area contributed by atoms with Crippen molar-refractivity contribution in [1.29, 1.82) is 0 Å². The molecular weight excluding hydrogens is 390 g/mol. The van der Waals surface area contributed by atoms with Crippen LogP contribution in [0.25, 0.3) is 0 Å². The second-order valence-electron chi connectivity index (χ2n) is 8.01. The van der Waals surface area contributed by atoms with Crippen LogP contribution in [0.2, 0.25) is 0 Å². The van der Waals surface area contributed by atoms with Gasteiger partial charge < -0.3 is 9.64 Å². The topological polar surface area (TPSA) is 81.5 Å². The molecule has 1 saturated heterocycles. The minimum Gasteiger partial charge on any atom is -0.484 e. The van der Waals surface area contributed by atoms with Crippen molar-refractivity contribution in [3.8, 4) is 5.75 Å². The maximum atomic E-state index is 12.6. The second kappa shape index (κ2) is 8.18. The van der Waals surface area contributed by atoms with Crippen molar-refractivity contribution in [2.45, 2.75) is 46.7 Å². The summed E-state index contributed by atoms with van der Waals surface area (Å²) < 4.78 is 31.1. The largest absolute Gasteiger partial charge is 0.484 e. The lowest BCUT2D eigenvalue weighted by atomic mass is 10.1. The molecule has 1 atom stereocenters. The minimum absolute atomic E-state index is 0.0352. The monoisotopic (exact) mass is 419 g/mol. The van der Waals surface area contributed by atoms with Crippen molar-refractivity contribution >= 4 is 15.7 Å². The molecule has 2 aromatic rings. The number of hydrogen-bond acceptors (Lipinski definition) is 5. The van der Waals surface area contributed by atoms with Crippen molar-refractivity contribution in [3.05, 3.63) is 46.3 Å². The molecule has 1 amide bonds. The fourth-order valence-electron chi connectivity index (χ4n) is 3.85. The molecule has 0 spiro atoms. The van der Waals surface area contributed by atoms with Crippen LogP contribution in [0.15, 0.2) is 18.2 Å². The van der Waals surface area contributed by atoms with Crippen molar-refractivity contribution in [2.24, 2.45) is 0 Å². The smallest absolute Gasteiger partial charge is 0.260 e. The average Bonchev–Trinajstić information content (AvgIpc) is 3.12. The number of aryl methyl sites for hydroxylation is 3. The van der Waals surface area contributed by atoms with Crippen LogP contribution in [-0.2, 0) is 21.2 Å². The molecule has 7 nitrogen and oxygen atoms in total. The van der Waals surface area contributed by atoms with Gasteiger partial charge in [-0.3, -0.25) is 9.48 Å². The number of aromatic nitrogens is 2. The summed E-state index contributed by atoms with van der Waals surface area (Å²) in [5.74, 6) is 0.901. The van der Waals surface area contributed by atoms with E-state index < -0.39 is 9.84 Å². The van der Waals surface area contributed by atoms with Gasteiger partial charge in [-0.15, -0.1) is 0 Å². The number of carbonyl (C=O) groups excluding carboxylic acids is 1. The molecule has 2 heterocycles. The van der Waals surface area contributed by atoms with E-state index in [0.29, 0.717) is 18.7 Å². The molecule has 0 saturated carbocycles. The highest BCUT2D eigenvalue weighted by Crippen LogP contribution is 2.27. The average molecular weight is 420 g/mol. The number of benzene rings is 1. The van der Waals surface area contributed by atoms with Crippen molar-refractivity contribution in [3.63, 3.8) is 0 Å². The molecule has 158 valence electrons. The number of ether oxygens (including phenoxy) is 1. The Morgan fingerprint density at radius 3 is 2.45 bits per heavy atom. The summed E-state index contributed by atoms with van der Waals surface area (Å²) in [5, 5.41) is 4.57. The highest BCUT2D eigenvalue weighted by molar-refractivity contribution is 7.91. The van der Waals surface area contributed by atoms with Crippen LogP contribution in [0.1, 0.15) is 40.5 Å². The van der Waals surface area contributed by atoms with Gasteiger partial charge in [-0.25, -0.2) is 8.42 Å². The molecule has 0 N–H and O–H groups in total. The first-order chi connectivity index (χ1) is 13.6. The minimum atomic E-state index is -2.98. The molecule has 1 aliphatic heterocycles. The normalized spacial score (nSPS) is 18.0. The van der Waals surface area contributed by atoms with E-state index in [9.17, 15) is 13.2 Å². The summed E-state index contributed by atoms with van der Waals surface area (Å²) in [6, 6.07) is 5.75. The summed E-state index contributed by atoms with van der Waals surface area (Å²) in [6.45, 7) is 8.19. The summed E-state index contributed by atoms with van der Waals surface area (Å²) in [7, 11) is -1.24. The number of hydrogen-bond donors (Lipinski definition) is 0. The fraction of sp³-hybridized carbons (Fsp3) is 0.524. The first kappa shape index (κ1) is 21.4. The van der Waals surface area contributed by atoms with Crippen LogP contribution in [0.4, 0.5) is 0 Å². The summed E-state index contributed by atoms with van der Waals surface area (Å²) >= 11 is 0. The lowest BCUT2D eigenvalue weighted by Crippen LogP contribution is -2.31. The van der Waals surface area contributed by atoms with Gasteiger partial charge in [-0.05, 0) is 57.4 Å². The van der Waals surface area contributed by atoms with E-state index in [1.807, 2.05) is 44.5 Å². The first-order valence-electron chi connectivity index (χ1n) is 9.76. The molecular formula is C21H29N3O4S. The Hall–Kier alpha value is -2.35. The van der Waals surface area contributed by atoms with Gasteiger partial charge in [0.1, 0.15) is 5.75 Å². The Morgan fingerprint density at radius 1 is 1.21 bits per heavy atom. The lowest BCUT2D eigenvalue weighted by Gasteiger charge is -2.18. The van der Waals surface area contributed by atoms with Crippen molar-refractivity contribution in [2.75, 3.05) is 25.2 Å². The van der Waals surface area contributed by atoms with Crippen molar-refractivity contribution in [1.82, 2.24) is 14.7 Å². The molecule has 8 heteroatoms. The molecule has 3 rings (SSSR count). The molecule has 1 fully saturated rings. The van der Waals surface area contributed by atoms with Crippen LogP contribution < -0.4 is 4.74 Å². The van der Waals surface area contributed by atoms with Gasteiger partial charge in [0.25, 0.3) is 5.91 Å². The number of likely N-dealkylation sites (N-methyl/N-ethyl adjacent to an activating group) is 1. The van der Waals surface area contributed by atoms with E-state index >= 15 is 0 Å². The second-order valence-corrected chi connectivity index (χ2v) is 10.2. The van der Waals surface area contributed by atoms with E-state index in [1.54, 1.807) is 11.9 Å². The summed E-state index contributed by atoms with van der Waals surface area (Å²) in [6.07, 6.45) is 0.586. The molecule has 0 bridgehead atoms. The molecule has 0 unspecified atom stereocenters. The Kier molecular flexibility index (Phi) is 6.03. The molecule has 1 aromatic carbocycles. The fourth-order valence-corrected chi connectivity index (χ4v) is 5.54. The Balaban J connectivity index is 1.65. The number of carbonyl (C=O) groups is 1. The number of rotatable bonds is 6. The maximum absolute atomic E-state index is 12.6. The third-order valence-corrected chi connectivity index (χ3v) is 7.16. The number of amides is 1. The third kappa shape index (κ3) is 4.98. The molecule has 0 radical (unpaired) electrons. The van der Waals surface area contributed by atoms with Crippen molar-refractivity contribution < 1.29 is 17.9 Å². The number of nitrogens with zero attached hydrogens (tertiary/aromatic N) is 3. The number of sulfone groups is 1. The Bertz CT molecular complexity index is 1010. The van der Waals surface area contributed by atoms with Crippen LogP contribution in [0.5, 0.6) is 5.75 Å². The first-order valence-corrected chi connectivity index (χ1v) is 11.6. The zero-order valence-electron chi connectivity index (χ0n) is 17.7. The highest BCUT2D eigenvalue weighted by atomic mass is 32.2. The predicted octanol–water partition coefficient (Wildman–Crippen LogP) is 2.51. The zero-order chi connectivity index (χ0) is 21.3. The molecule has 0 aliphatic carbocycles. The van der Waals surface area contributed by atoms with Crippen LogP contribution in [0, 0.1) is 27.7 Å². The van der Waals surface area contributed by atoms with Crippen LogP contribution in [0.3, 0.4) is 0 Å². The Morgan fingerprint density at radius 2 is 1.86 bits per heavy atom. The van der Waals surface area contributed by atoms with Gasteiger partial charge in [0.2, 0.25) is 0 Å². The van der Waals surface area contributed by atoms with Gasteiger partial charge in [0.05, 0.1) is 23.2 Å².